The van der Waals surface area contributed by atoms with Gasteiger partial charge < -0.3 is 19.9 Å². The van der Waals surface area contributed by atoms with Crippen molar-refractivity contribution >= 4 is 0 Å². The van der Waals surface area contributed by atoms with E-state index < -0.39 is 0 Å². The molecule has 0 bridgehead atoms. The molecule has 0 saturated carbocycles. The molecule has 1 aromatic rings. The van der Waals surface area contributed by atoms with Gasteiger partial charge in [-0.25, -0.2) is 0 Å². The first-order valence-corrected chi connectivity index (χ1v) is 7.08. The number of methoxy groups -OCH3 is 1. The van der Waals surface area contributed by atoms with Gasteiger partial charge in [0.1, 0.15) is 0 Å². The number of nitrogens with zero attached hydrogens (tertiary/aromatic N) is 4. The monoisotopic (exact) mass is 283 g/mol. The molecule has 1 aromatic heterocycles. The second-order valence-corrected chi connectivity index (χ2v) is 5.46. The lowest BCUT2D eigenvalue weighted by atomic mass is 10.2. The van der Waals surface area contributed by atoms with Crippen LogP contribution in [0.3, 0.4) is 0 Å². The smallest absolute Gasteiger partial charge is 0.229 e. The molecule has 0 aliphatic carbocycles. The zero-order chi connectivity index (χ0) is 14.5. The van der Waals surface area contributed by atoms with Gasteiger partial charge in [0, 0.05) is 20.2 Å². The van der Waals surface area contributed by atoms with E-state index in [0.717, 1.165) is 31.9 Å². The molecule has 7 nitrogen and oxygen atoms in total. The summed E-state index contributed by atoms with van der Waals surface area (Å²) >= 11 is 0. The Labute approximate surface area is 120 Å². The minimum atomic E-state index is -0.0714. The predicted octanol–water partition coefficient (Wildman–Crippen LogP) is -0.106. The third-order valence-corrected chi connectivity index (χ3v) is 3.85. The van der Waals surface area contributed by atoms with Gasteiger partial charge in [0.05, 0.1) is 18.6 Å². The summed E-state index contributed by atoms with van der Waals surface area (Å²) in [4.78, 5) is 9.11. The summed E-state index contributed by atoms with van der Waals surface area (Å²) < 4.78 is 10.6. The number of ether oxygens (including phenoxy) is 1. The summed E-state index contributed by atoms with van der Waals surface area (Å²) in [5, 5.41) is 4.14. The van der Waals surface area contributed by atoms with E-state index in [1.807, 2.05) is 0 Å². The van der Waals surface area contributed by atoms with Crippen LogP contribution in [0, 0.1) is 0 Å². The summed E-state index contributed by atoms with van der Waals surface area (Å²) in [5.74, 6) is 1.35. The van der Waals surface area contributed by atoms with Crippen LogP contribution in [0.15, 0.2) is 4.52 Å². The second kappa shape index (κ2) is 7.12. The largest absolute Gasteiger partial charge is 0.380 e. The molecule has 2 unspecified atom stereocenters. The van der Waals surface area contributed by atoms with E-state index in [4.69, 9.17) is 15.0 Å². The van der Waals surface area contributed by atoms with Crippen molar-refractivity contribution in [2.24, 2.45) is 5.73 Å². The summed E-state index contributed by atoms with van der Waals surface area (Å²) in [5.41, 5.74) is 5.61. The lowest BCUT2D eigenvalue weighted by molar-refractivity contribution is 0.102. The Bertz CT molecular complexity index is 407. The predicted molar refractivity (Wildman–Crippen MR) is 75.3 cm³/mol. The van der Waals surface area contributed by atoms with Gasteiger partial charge in [-0.1, -0.05) is 5.16 Å². The lowest BCUT2D eigenvalue weighted by Crippen LogP contribution is -2.31. The van der Waals surface area contributed by atoms with Crippen molar-refractivity contribution in [2.75, 3.05) is 47.4 Å². The Morgan fingerprint density at radius 2 is 2.25 bits per heavy atom. The number of hydrogen-bond donors (Lipinski definition) is 1. The fraction of sp³-hybridized carbons (Fsp3) is 0.846. The number of nitrogens with two attached hydrogens (primary N) is 1. The van der Waals surface area contributed by atoms with Crippen LogP contribution in [-0.2, 0) is 11.2 Å². The highest BCUT2D eigenvalue weighted by Crippen LogP contribution is 2.21. The molecule has 0 radical (unpaired) electrons. The molecule has 7 heteroatoms. The molecule has 1 fully saturated rings. The fourth-order valence-corrected chi connectivity index (χ4v) is 2.49. The van der Waals surface area contributed by atoms with Crippen molar-refractivity contribution in [3.05, 3.63) is 11.7 Å². The van der Waals surface area contributed by atoms with Gasteiger partial charge in [0.15, 0.2) is 5.82 Å². The van der Waals surface area contributed by atoms with Crippen LogP contribution in [0.4, 0.5) is 0 Å². The molecular weight excluding hydrogens is 258 g/mol. The van der Waals surface area contributed by atoms with Gasteiger partial charge >= 0.3 is 0 Å². The molecule has 2 N–H and O–H groups in total. The van der Waals surface area contributed by atoms with E-state index >= 15 is 0 Å². The van der Waals surface area contributed by atoms with Crippen LogP contribution in [-0.4, -0.2) is 73.4 Å². The molecule has 1 saturated heterocycles. The van der Waals surface area contributed by atoms with Crippen LogP contribution >= 0.6 is 0 Å². The quantitative estimate of drug-likeness (QED) is 0.807. The summed E-state index contributed by atoms with van der Waals surface area (Å²) in [6.45, 7) is 3.51. The van der Waals surface area contributed by atoms with E-state index in [1.165, 1.54) is 0 Å². The Balaban J connectivity index is 2.06. The van der Waals surface area contributed by atoms with Crippen molar-refractivity contribution in [3.63, 3.8) is 0 Å². The summed E-state index contributed by atoms with van der Waals surface area (Å²) in [7, 11) is 5.88. The average Bonchev–Trinajstić information content (AvgIpc) is 2.83. The van der Waals surface area contributed by atoms with E-state index in [0.29, 0.717) is 18.9 Å². The highest BCUT2D eigenvalue weighted by Gasteiger charge is 2.26. The van der Waals surface area contributed by atoms with Crippen LogP contribution < -0.4 is 5.73 Å². The minimum Gasteiger partial charge on any atom is -0.380 e. The number of likely N-dealkylation sites (N-methyl/N-ethyl adjacent to an activating group) is 2. The zero-order valence-electron chi connectivity index (χ0n) is 12.6. The maximum absolute atomic E-state index is 5.61. The average molecular weight is 283 g/mol. The molecule has 1 aliphatic rings. The zero-order valence-corrected chi connectivity index (χ0v) is 12.6. The van der Waals surface area contributed by atoms with Gasteiger partial charge in [-0.05, 0) is 33.6 Å². The van der Waals surface area contributed by atoms with Gasteiger partial charge in [-0.3, -0.25) is 4.90 Å². The highest BCUT2D eigenvalue weighted by molar-refractivity contribution is 4.98. The van der Waals surface area contributed by atoms with E-state index in [2.05, 4.69) is 34.0 Å². The molecule has 0 aromatic carbocycles. The molecule has 2 heterocycles. The third kappa shape index (κ3) is 3.76. The molecule has 1 aliphatic heterocycles. The van der Waals surface area contributed by atoms with Crippen LogP contribution in [0.1, 0.15) is 24.2 Å². The summed E-state index contributed by atoms with van der Waals surface area (Å²) in [6, 6.07) is 0.180. The molecule has 0 spiro atoms. The van der Waals surface area contributed by atoms with Gasteiger partial charge in [-0.2, -0.15) is 4.98 Å². The molecule has 114 valence electrons. The molecule has 0 amide bonds. The summed E-state index contributed by atoms with van der Waals surface area (Å²) in [6.07, 6.45) is 1.65. The molecular formula is C13H25N5O2. The number of aromatic nitrogens is 2. The SMILES string of the molecule is COC(CN)Cc1nc(C2CN(C)CCCN2C)no1. The van der Waals surface area contributed by atoms with Crippen LogP contribution in [0.5, 0.6) is 0 Å². The first-order chi connectivity index (χ1) is 9.63. The van der Waals surface area contributed by atoms with Crippen molar-refractivity contribution in [1.29, 1.82) is 0 Å². The number of rotatable bonds is 5. The second-order valence-electron chi connectivity index (χ2n) is 5.46. The Morgan fingerprint density at radius 3 is 2.95 bits per heavy atom. The highest BCUT2D eigenvalue weighted by atomic mass is 16.5. The van der Waals surface area contributed by atoms with E-state index in [1.54, 1.807) is 7.11 Å². The van der Waals surface area contributed by atoms with E-state index in [9.17, 15) is 0 Å². The van der Waals surface area contributed by atoms with E-state index in [-0.39, 0.29) is 12.1 Å². The first-order valence-electron chi connectivity index (χ1n) is 7.08. The van der Waals surface area contributed by atoms with Gasteiger partial charge in [-0.15, -0.1) is 0 Å². The Kier molecular flexibility index (Phi) is 5.47. The normalized spacial score (nSPS) is 23.7. The molecule has 20 heavy (non-hydrogen) atoms. The third-order valence-electron chi connectivity index (χ3n) is 3.85. The Hall–Kier alpha value is -1.02. The fourth-order valence-electron chi connectivity index (χ4n) is 2.49. The van der Waals surface area contributed by atoms with Crippen molar-refractivity contribution < 1.29 is 9.26 Å². The lowest BCUT2D eigenvalue weighted by Gasteiger charge is -2.24. The minimum absolute atomic E-state index is 0.0714. The van der Waals surface area contributed by atoms with Crippen LogP contribution in [0.2, 0.25) is 0 Å². The van der Waals surface area contributed by atoms with Gasteiger partial charge in [0.25, 0.3) is 0 Å². The maximum atomic E-state index is 5.61. The van der Waals surface area contributed by atoms with Crippen molar-refractivity contribution in [2.45, 2.75) is 25.0 Å². The first kappa shape index (κ1) is 15.4. The van der Waals surface area contributed by atoms with Gasteiger partial charge in [0.2, 0.25) is 5.89 Å². The van der Waals surface area contributed by atoms with Crippen molar-refractivity contribution in [1.82, 2.24) is 19.9 Å². The standard InChI is InChI=1S/C13H25N5O2/c1-17-5-4-6-18(2)11(9-17)13-15-12(20-16-13)7-10(8-14)19-3/h10-11H,4-9,14H2,1-3H3. The number of hydrogen-bond acceptors (Lipinski definition) is 7. The van der Waals surface area contributed by atoms with Crippen LogP contribution in [0.25, 0.3) is 0 Å². The van der Waals surface area contributed by atoms with Crippen molar-refractivity contribution in [3.8, 4) is 0 Å². The maximum Gasteiger partial charge on any atom is 0.229 e. The molecule has 2 atom stereocenters. The topological polar surface area (TPSA) is 80.7 Å². The Morgan fingerprint density at radius 1 is 1.45 bits per heavy atom. The molecule has 2 rings (SSSR count).